The molecule has 0 atom stereocenters. The van der Waals surface area contributed by atoms with E-state index in [4.69, 9.17) is 0 Å². The van der Waals surface area contributed by atoms with Crippen molar-refractivity contribution in [3.8, 4) is 27.9 Å². The lowest BCUT2D eigenvalue weighted by Crippen LogP contribution is -2.31. The number of hydrogen-bond donors (Lipinski definition) is 0. The van der Waals surface area contributed by atoms with E-state index in [9.17, 15) is 0 Å². The van der Waals surface area contributed by atoms with Crippen molar-refractivity contribution in [1.82, 2.24) is 4.57 Å². The second-order valence-corrected chi connectivity index (χ2v) is 14.8. The predicted molar refractivity (Wildman–Crippen MR) is 229 cm³/mol. The van der Waals surface area contributed by atoms with E-state index >= 15 is 0 Å². The van der Waals surface area contributed by atoms with Crippen LogP contribution in [0.25, 0.3) is 60.5 Å². The zero-order valence-electron chi connectivity index (χ0n) is 30.0. The number of hydrogen-bond acceptors (Lipinski definition) is 1. The molecule has 0 unspecified atom stereocenters. The minimum atomic E-state index is -0.483. The Bertz CT molecular complexity index is 3050. The van der Waals surface area contributed by atoms with Crippen LogP contribution < -0.4 is 4.90 Å². The second-order valence-electron chi connectivity index (χ2n) is 14.8. The van der Waals surface area contributed by atoms with E-state index in [-0.39, 0.29) is 0 Å². The van der Waals surface area contributed by atoms with Crippen LogP contribution in [0.3, 0.4) is 0 Å². The first-order valence-electron chi connectivity index (χ1n) is 19.1. The van der Waals surface area contributed by atoms with Gasteiger partial charge in [-0.2, -0.15) is 0 Å². The number of anilines is 3. The number of fused-ring (bicyclic) bond motifs is 12. The van der Waals surface area contributed by atoms with Crippen molar-refractivity contribution in [3.63, 3.8) is 0 Å². The SMILES string of the molecule is c1ccc(N(c2ccccc2)c2ccc3c(c2)c2cc4c(cc2n3-c2ccccc2)-c2cccc3cccc(c23)C42c3ccccc3-c3ccccc32)cc1. The molecule has 9 aromatic carbocycles. The lowest BCUT2D eigenvalue weighted by Gasteiger charge is -2.40. The first kappa shape index (κ1) is 30.3. The Kier molecular flexibility index (Phi) is 6.29. The topological polar surface area (TPSA) is 8.17 Å². The molecular formula is C53H34N2. The summed E-state index contributed by atoms with van der Waals surface area (Å²) in [6.45, 7) is 0. The molecule has 2 aliphatic carbocycles. The first-order valence-corrected chi connectivity index (χ1v) is 19.1. The van der Waals surface area contributed by atoms with Crippen LogP contribution in [0.15, 0.2) is 206 Å². The Labute approximate surface area is 319 Å². The van der Waals surface area contributed by atoms with Gasteiger partial charge in [0.1, 0.15) is 0 Å². The molecule has 0 amide bonds. The van der Waals surface area contributed by atoms with E-state index < -0.39 is 5.41 Å². The predicted octanol–water partition coefficient (Wildman–Crippen LogP) is 13.8. The summed E-state index contributed by atoms with van der Waals surface area (Å²) in [6.07, 6.45) is 0. The van der Waals surface area contributed by atoms with Crippen LogP contribution in [0.4, 0.5) is 17.1 Å². The highest BCUT2D eigenvalue weighted by Gasteiger charge is 2.50. The lowest BCUT2D eigenvalue weighted by molar-refractivity contribution is 0.775. The summed E-state index contributed by atoms with van der Waals surface area (Å²) in [7, 11) is 0. The van der Waals surface area contributed by atoms with E-state index in [1.165, 1.54) is 77.1 Å². The van der Waals surface area contributed by atoms with E-state index in [2.05, 4.69) is 216 Å². The molecule has 1 heterocycles. The third-order valence-electron chi connectivity index (χ3n) is 12.1. The quantitative estimate of drug-likeness (QED) is 0.178. The summed E-state index contributed by atoms with van der Waals surface area (Å²) in [6, 6.07) is 76.3. The van der Waals surface area contributed by atoms with Gasteiger partial charge in [0.15, 0.2) is 0 Å². The Morgan fingerprint density at radius 3 is 1.56 bits per heavy atom. The highest BCUT2D eigenvalue weighted by Crippen LogP contribution is 2.62. The van der Waals surface area contributed by atoms with E-state index in [1.807, 2.05) is 0 Å². The molecule has 0 saturated heterocycles. The van der Waals surface area contributed by atoms with Crippen molar-refractivity contribution in [2.24, 2.45) is 0 Å². The lowest BCUT2D eigenvalue weighted by atomic mass is 9.61. The van der Waals surface area contributed by atoms with Crippen molar-refractivity contribution in [1.29, 1.82) is 0 Å². The second kappa shape index (κ2) is 11.4. The van der Waals surface area contributed by atoms with Gasteiger partial charge in [0.25, 0.3) is 0 Å². The highest BCUT2D eigenvalue weighted by atomic mass is 15.1. The van der Waals surface area contributed by atoms with Gasteiger partial charge >= 0.3 is 0 Å². The Morgan fingerprint density at radius 2 is 0.891 bits per heavy atom. The largest absolute Gasteiger partial charge is 0.310 e. The fourth-order valence-electron chi connectivity index (χ4n) is 10.0. The molecule has 1 aromatic heterocycles. The number of nitrogens with zero attached hydrogens (tertiary/aromatic N) is 2. The van der Waals surface area contributed by atoms with Crippen molar-refractivity contribution < 1.29 is 0 Å². The molecule has 1 spiro atoms. The first-order chi connectivity index (χ1) is 27.3. The normalized spacial score (nSPS) is 13.2. The molecule has 2 heteroatoms. The molecule has 10 aromatic rings. The molecule has 12 rings (SSSR count). The number of benzene rings is 9. The summed E-state index contributed by atoms with van der Waals surface area (Å²) in [5.74, 6) is 0. The van der Waals surface area contributed by atoms with E-state index in [0.29, 0.717) is 0 Å². The van der Waals surface area contributed by atoms with Crippen LogP contribution in [0, 0.1) is 0 Å². The summed E-state index contributed by atoms with van der Waals surface area (Å²) in [4.78, 5) is 2.37. The van der Waals surface area contributed by atoms with Gasteiger partial charge < -0.3 is 9.47 Å². The molecule has 0 N–H and O–H groups in total. The third-order valence-corrected chi connectivity index (χ3v) is 12.1. The van der Waals surface area contributed by atoms with Crippen molar-refractivity contribution in [2.45, 2.75) is 5.41 Å². The number of para-hydroxylation sites is 3. The maximum atomic E-state index is 2.55. The summed E-state index contributed by atoms with van der Waals surface area (Å²) >= 11 is 0. The minimum absolute atomic E-state index is 0.483. The van der Waals surface area contributed by atoms with Crippen molar-refractivity contribution >= 4 is 49.6 Å². The van der Waals surface area contributed by atoms with Gasteiger partial charge in [-0.3, -0.25) is 0 Å². The van der Waals surface area contributed by atoms with Gasteiger partial charge in [-0.15, -0.1) is 0 Å². The molecule has 55 heavy (non-hydrogen) atoms. The fourth-order valence-corrected chi connectivity index (χ4v) is 10.0. The molecule has 0 bridgehead atoms. The van der Waals surface area contributed by atoms with E-state index in [1.54, 1.807) is 0 Å². The smallest absolute Gasteiger partial charge is 0.0726 e. The van der Waals surface area contributed by atoms with Gasteiger partial charge in [-0.05, 0) is 122 Å². The summed E-state index contributed by atoms with van der Waals surface area (Å²) in [5, 5.41) is 5.09. The minimum Gasteiger partial charge on any atom is -0.310 e. The molecule has 0 saturated carbocycles. The van der Waals surface area contributed by atoms with Crippen LogP contribution in [0.1, 0.15) is 22.3 Å². The zero-order chi connectivity index (χ0) is 36.1. The van der Waals surface area contributed by atoms with Crippen LogP contribution in [0.5, 0.6) is 0 Å². The molecule has 0 radical (unpaired) electrons. The third kappa shape index (κ3) is 4.08. The highest BCUT2D eigenvalue weighted by molar-refractivity contribution is 6.15. The molecular weight excluding hydrogens is 665 g/mol. The van der Waals surface area contributed by atoms with Crippen LogP contribution in [-0.4, -0.2) is 4.57 Å². The maximum absolute atomic E-state index is 2.55. The van der Waals surface area contributed by atoms with Gasteiger partial charge in [0, 0.05) is 33.5 Å². The molecule has 2 aliphatic rings. The standard InChI is InChI=1S/C53H34N2/c1-4-18-36(19-5-1)54(37-20-6-2-7-21-37)39-30-31-50-44(32-39)45-33-49-43(34-51(45)55(50)38-22-8-3-9-23-38)42-26-14-16-35-17-15-29-48(52(35)42)53(49)46-27-12-10-24-40(46)41-25-11-13-28-47(41)53/h1-34H. The van der Waals surface area contributed by atoms with Crippen molar-refractivity contribution in [3.05, 3.63) is 229 Å². The van der Waals surface area contributed by atoms with Gasteiger partial charge in [0.2, 0.25) is 0 Å². The molecule has 0 aliphatic heterocycles. The van der Waals surface area contributed by atoms with E-state index in [0.717, 1.165) is 22.7 Å². The molecule has 0 fully saturated rings. The average molecular weight is 699 g/mol. The van der Waals surface area contributed by atoms with Gasteiger partial charge in [0.05, 0.1) is 16.4 Å². The fraction of sp³-hybridized carbons (Fsp3) is 0.0189. The monoisotopic (exact) mass is 698 g/mol. The molecule has 2 nitrogen and oxygen atoms in total. The maximum Gasteiger partial charge on any atom is 0.0726 e. The summed E-state index contributed by atoms with van der Waals surface area (Å²) in [5.41, 5.74) is 17.0. The zero-order valence-corrected chi connectivity index (χ0v) is 30.0. The average Bonchev–Trinajstić information content (AvgIpc) is 3.73. The summed E-state index contributed by atoms with van der Waals surface area (Å²) < 4.78 is 2.47. The Morgan fingerprint density at radius 1 is 0.345 bits per heavy atom. The Hall–Kier alpha value is -7.16. The van der Waals surface area contributed by atoms with Crippen LogP contribution >= 0.6 is 0 Å². The molecule has 256 valence electrons. The Balaban J connectivity index is 1.24. The van der Waals surface area contributed by atoms with Crippen molar-refractivity contribution in [2.75, 3.05) is 4.90 Å². The number of aromatic nitrogens is 1. The van der Waals surface area contributed by atoms with Crippen LogP contribution in [-0.2, 0) is 5.41 Å². The van der Waals surface area contributed by atoms with Crippen LogP contribution in [0.2, 0.25) is 0 Å². The van der Waals surface area contributed by atoms with Gasteiger partial charge in [-0.1, -0.05) is 140 Å². The number of rotatable bonds is 4. The van der Waals surface area contributed by atoms with Gasteiger partial charge in [-0.25, -0.2) is 0 Å².